The number of carbonyl (C=O) groups excluding carboxylic acids is 1. The van der Waals surface area contributed by atoms with E-state index >= 15 is 0 Å². The molecule has 30 heavy (non-hydrogen) atoms. The molecule has 2 N–H and O–H groups in total. The summed E-state index contributed by atoms with van der Waals surface area (Å²) < 4.78 is 29.7. The van der Waals surface area contributed by atoms with Gasteiger partial charge in [0.2, 0.25) is 0 Å². The maximum Gasteiger partial charge on any atom is 0.261 e. The van der Waals surface area contributed by atoms with E-state index in [1.807, 2.05) is 43.7 Å². The van der Waals surface area contributed by atoms with Gasteiger partial charge in [-0.1, -0.05) is 18.2 Å². The molecule has 0 spiro atoms. The van der Waals surface area contributed by atoms with Crippen LogP contribution in [0.2, 0.25) is 0 Å². The largest absolute Gasteiger partial charge is 0.352 e. The molecule has 3 aromatic rings. The number of anilines is 1. The number of rotatable bonds is 8. The molecule has 8 heteroatoms. The second-order valence-electron chi connectivity index (χ2n) is 7.20. The molecule has 0 aliphatic carbocycles. The van der Waals surface area contributed by atoms with Gasteiger partial charge in [0.25, 0.3) is 15.9 Å². The first-order valence-corrected chi connectivity index (χ1v) is 11.2. The highest BCUT2D eigenvalue weighted by atomic mass is 32.2. The fraction of sp³-hybridized carbons (Fsp3) is 0.273. The summed E-state index contributed by atoms with van der Waals surface area (Å²) >= 11 is 0. The number of hydrogen-bond donors (Lipinski definition) is 2. The van der Waals surface area contributed by atoms with Gasteiger partial charge in [0.15, 0.2) is 0 Å². The number of aromatic nitrogens is 2. The number of benzene rings is 2. The third-order valence-electron chi connectivity index (χ3n) is 4.75. The van der Waals surface area contributed by atoms with Gasteiger partial charge in [-0.3, -0.25) is 14.2 Å². The Labute approximate surface area is 177 Å². The molecular weight excluding hydrogens is 400 g/mol. The van der Waals surface area contributed by atoms with Gasteiger partial charge in [0.05, 0.1) is 16.3 Å². The maximum atomic E-state index is 12.6. The smallest absolute Gasteiger partial charge is 0.261 e. The van der Waals surface area contributed by atoms with Crippen LogP contribution in [0.25, 0.3) is 0 Å². The van der Waals surface area contributed by atoms with Gasteiger partial charge < -0.3 is 5.32 Å². The normalized spacial score (nSPS) is 11.3. The minimum absolute atomic E-state index is 0.104. The first-order valence-electron chi connectivity index (χ1n) is 9.74. The summed E-state index contributed by atoms with van der Waals surface area (Å²) in [5.41, 5.74) is 3.84. The molecule has 3 rings (SSSR count). The number of nitrogens with one attached hydrogen (secondary N) is 2. The standard InChI is InChI=1S/C22H26N4O3S/c1-16-7-4-5-8-21(16)25-30(28,29)20-11-9-19(10-12-20)22(27)23-13-6-14-26-18(3)15-17(2)24-26/h4-5,7-12,15,25H,6,13-14H2,1-3H3,(H,23,27). The first kappa shape index (κ1) is 21.6. The summed E-state index contributed by atoms with van der Waals surface area (Å²) in [6, 6.07) is 15.1. The van der Waals surface area contributed by atoms with E-state index in [1.54, 1.807) is 12.1 Å². The maximum absolute atomic E-state index is 12.6. The van der Waals surface area contributed by atoms with Crippen molar-refractivity contribution in [2.45, 2.75) is 38.6 Å². The number of amides is 1. The van der Waals surface area contributed by atoms with Crippen molar-refractivity contribution in [2.75, 3.05) is 11.3 Å². The van der Waals surface area contributed by atoms with E-state index in [0.29, 0.717) is 17.8 Å². The van der Waals surface area contributed by atoms with E-state index in [2.05, 4.69) is 15.1 Å². The Bertz CT molecular complexity index is 1140. The molecule has 0 radical (unpaired) electrons. The van der Waals surface area contributed by atoms with Crippen molar-refractivity contribution >= 4 is 21.6 Å². The molecule has 0 aliphatic rings. The van der Waals surface area contributed by atoms with Crippen LogP contribution in [0.3, 0.4) is 0 Å². The van der Waals surface area contributed by atoms with Crippen molar-refractivity contribution < 1.29 is 13.2 Å². The first-order chi connectivity index (χ1) is 14.3. The summed E-state index contributed by atoms with van der Waals surface area (Å²) in [4.78, 5) is 12.4. The summed E-state index contributed by atoms with van der Waals surface area (Å²) in [5, 5.41) is 7.25. The molecule has 0 unspecified atom stereocenters. The van der Waals surface area contributed by atoms with E-state index in [4.69, 9.17) is 0 Å². The highest BCUT2D eigenvalue weighted by Crippen LogP contribution is 2.19. The van der Waals surface area contributed by atoms with Crippen molar-refractivity contribution in [2.24, 2.45) is 0 Å². The molecule has 0 saturated carbocycles. The third kappa shape index (κ3) is 5.27. The van der Waals surface area contributed by atoms with Crippen molar-refractivity contribution in [3.8, 4) is 0 Å². The average molecular weight is 427 g/mol. The van der Waals surface area contributed by atoms with Gasteiger partial charge in [-0.2, -0.15) is 5.10 Å². The van der Waals surface area contributed by atoms with Crippen LogP contribution >= 0.6 is 0 Å². The molecule has 1 amide bonds. The number of aryl methyl sites for hydroxylation is 4. The zero-order chi connectivity index (χ0) is 21.7. The SMILES string of the molecule is Cc1cc(C)n(CCCNC(=O)c2ccc(S(=O)(=O)Nc3ccccc3C)cc2)n1. The lowest BCUT2D eigenvalue weighted by molar-refractivity contribution is 0.0952. The second kappa shape index (κ2) is 9.13. The van der Waals surface area contributed by atoms with Crippen LogP contribution in [0.4, 0.5) is 5.69 Å². The summed E-state index contributed by atoms with van der Waals surface area (Å²) in [5.74, 6) is -0.237. The van der Waals surface area contributed by atoms with Crippen LogP contribution in [-0.4, -0.2) is 30.7 Å². The van der Waals surface area contributed by atoms with Crippen LogP contribution in [0.5, 0.6) is 0 Å². The van der Waals surface area contributed by atoms with Crippen LogP contribution in [-0.2, 0) is 16.6 Å². The second-order valence-corrected chi connectivity index (χ2v) is 8.89. The van der Waals surface area contributed by atoms with E-state index in [-0.39, 0.29) is 10.8 Å². The fourth-order valence-corrected chi connectivity index (χ4v) is 4.24. The molecule has 1 aromatic heterocycles. The molecule has 7 nitrogen and oxygen atoms in total. The minimum atomic E-state index is -3.72. The Kier molecular flexibility index (Phi) is 6.56. The van der Waals surface area contributed by atoms with Gasteiger partial charge in [-0.25, -0.2) is 8.42 Å². The summed E-state index contributed by atoms with van der Waals surface area (Å²) in [7, 11) is -3.72. The lowest BCUT2D eigenvalue weighted by Crippen LogP contribution is -2.25. The minimum Gasteiger partial charge on any atom is -0.352 e. The quantitative estimate of drug-likeness (QED) is 0.540. The van der Waals surface area contributed by atoms with E-state index in [1.165, 1.54) is 24.3 Å². The molecule has 0 fully saturated rings. The molecule has 0 bridgehead atoms. The van der Waals surface area contributed by atoms with Crippen molar-refractivity contribution in [1.82, 2.24) is 15.1 Å². The molecule has 0 aliphatic heterocycles. The molecule has 2 aromatic carbocycles. The Balaban J connectivity index is 1.56. The number of carbonyl (C=O) groups is 1. The van der Waals surface area contributed by atoms with Gasteiger partial charge in [-0.15, -0.1) is 0 Å². The molecule has 0 saturated heterocycles. The number of nitrogens with zero attached hydrogens (tertiary/aromatic N) is 2. The van der Waals surface area contributed by atoms with Crippen molar-refractivity contribution in [1.29, 1.82) is 0 Å². The average Bonchev–Trinajstić information content (AvgIpc) is 3.04. The van der Waals surface area contributed by atoms with Gasteiger partial charge in [0.1, 0.15) is 0 Å². The lowest BCUT2D eigenvalue weighted by atomic mass is 10.2. The van der Waals surface area contributed by atoms with Crippen LogP contribution in [0.15, 0.2) is 59.5 Å². The van der Waals surface area contributed by atoms with Crippen LogP contribution in [0, 0.1) is 20.8 Å². The number of para-hydroxylation sites is 1. The zero-order valence-corrected chi connectivity index (χ0v) is 18.2. The highest BCUT2D eigenvalue weighted by Gasteiger charge is 2.16. The van der Waals surface area contributed by atoms with Crippen LogP contribution < -0.4 is 10.0 Å². The fourth-order valence-electron chi connectivity index (χ4n) is 3.11. The van der Waals surface area contributed by atoms with Gasteiger partial charge in [-0.05, 0) is 69.2 Å². The predicted molar refractivity (Wildman–Crippen MR) is 117 cm³/mol. The monoisotopic (exact) mass is 426 g/mol. The van der Waals surface area contributed by atoms with Crippen LogP contribution in [0.1, 0.15) is 33.7 Å². The Hall–Kier alpha value is -3.13. The topological polar surface area (TPSA) is 93.1 Å². The predicted octanol–water partition coefficient (Wildman–Crippen LogP) is 3.43. The summed E-state index contributed by atoms with van der Waals surface area (Å²) in [6.07, 6.45) is 0.751. The highest BCUT2D eigenvalue weighted by molar-refractivity contribution is 7.92. The Morgan fingerprint density at radius 3 is 2.37 bits per heavy atom. The molecule has 158 valence electrons. The van der Waals surface area contributed by atoms with Gasteiger partial charge in [0, 0.05) is 24.3 Å². The zero-order valence-electron chi connectivity index (χ0n) is 17.3. The van der Waals surface area contributed by atoms with E-state index < -0.39 is 10.0 Å². The molecular formula is C22H26N4O3S. The van der Waals surface area contributed by atoms with Gasteiger partial charge >= 0.3 is 0 Å². The molecule has 0 atom stereocenters. The molecule has 1 heterocycles. The number of hydrogen-bond acceptors (Lipinski definition) is 4. The van der Waals surface area contributed by atoms with E-state index in [0.717, 1.165) is 29.9 Å². The summed E-state index contributed by atoms with van der Waals surface area (Å²) in [6.45, 7) is 7.02. The Morgan fingerprint density at radius 1 is 1.03 bits per heavy atom. The van der Waals surface area contributed by atoms with Crippen molar-refractivity contribution in [3.63, 3.8) is 0 Å². The van der Waals surface area contributed by atoms with Crippen molar-refractivity contribution in [3.05, 3.63) is 77.1 Å². The lowest BCUT2D eigenvalue weighted by Gasteiger charge is -2.11. The van der Waals surface area contributed by atoms with E-state index in [9.17, 15) is 13.2 Å². The Morgan fingerprint density at radius 2 is 1.73 bits per heavy atom. The third-order valence-corrected chi connectivity index (χ3v) is 6.13. The number of sulfonamides is 1.